The zero-order valence-corrected chi connectivity index (χ0v) is 9.83. The molecule has 0 fully saturated rings. The molecule has 6 nitrogen and oxygen atoms in total. The number of hydrogen-bond acceptors (Lipinski definition) is 5. The summed E-state index contributed by atoms with van der Waals surface area (Å²) in [6.45, 7) is 2.51. The number of aryl methyl sites for hydroxylation is 1. The van der Waals surface area contributed by atoms with Crippen LogP contribution in [0.3, 0.4) is 0 Å². The van der Waals surface area contributed by atoms with Crippen LogP contribution in [0.4, 0.5) is 11.5 Å². The molecule has 0 unspecified atom stereocenters. The zero-order valence-electron chi connectivity index (χ0n) is 9.83. The summed E-state index contributed by atoms with van der Waals surface area (Å²) in [4.78, 5) is 18.1. The maximum atomic E-state index is 10.5. The Hall–Kier alpha value is -2.50. The fourth-order valence-electron chi connectivity index (χ4n) is 1.39. The van der Waals surface area contributed by atoms with E-state index >= 15 is 0 Å². The molecule has 2 aromatic rings. The van der Waals surface area contributed by atoms with E-state index in [0.29, 0.717) is 12.4 Å². The van der Waals surface area contributed by atoms with Gasteiger partial charge in [-0.15, -0.1) is 0 Å². The third-order valence-corrected chi connectivity index (χ3v) is 2.40. The van der Waals surface area contributed by atoms with Crippen molar-refractivity contribution in [1.82, 2.24) is 9.97 Å². The first-order valence-corrected chi connectivity index (χ1v) is 5.41. The number of rotatable bonds is 4. The van der Waals surface area contributed by atoms with E-state index < -0.39 is 4.92 Å². The molecule has 0 aliphatic carbocycles. The topological polar surface area (TPSA) is 81.0 Å². The van der Waals surface area contributed by atoms with E-state index in [1.807, 2.05) is 19.1 Å². The Kier molecular flexibility index (Phi) is 3.47. The van der Waals surface area contributed by atoms with Gasteiger partial charge in [0.2, 0.25) is 0 Å². The largest absolute Gasteiger partial charge is 0.366 e. The third-order valence-electron chi connectivity index (χ3n) is 2.40. The van der Waals surface area contributed by atoms with Gasteiger partial charge in [-0.2, -0.15) is 0 Å². The first kappa shape index (κ1) is 12.0. The summed E-state index contributed by atoms with van der Waals surface area (Å²) in [5.41, 5.74) is 1.98. The number of pyridine rings is 2. The molecule has 18 heavy (non-hydrogen) atoms. The second kappa shape index (κ2) is 5.22. The normalized spacial score (nSPS) is 10.1. The van der Waals surface area contributed by atoms with E-state index in [9.17, 15) is 10.1 Å². The summed E-state index contributed by atoms with van der Waals surface area (Å²) in [5.74, 6) is 0.598. The van der Waals surface area contributed by atoms with Crippen LogP contribution in [0.2, 0.25) is 0 Å². The number of anilines is 1. The molecule has 0 bridgehead atoms. The monoisotopic (exact) mass is 244 g/mol. The minimum atomic E-state index is -0.472. The van der Waals surface area contributed by atoms with Gasteiger partial charge in [-0.1, -0.05) is 6.07 Å². The van der Waals surface area contributed by atoms with Crippen LogP contribution < -0.4 is 5.32 Å². The van der Waals surface area contributed by atoms with Crippen LogP contribution in [0.15, 0.2) is 36.7 Å². The van der Waals surface area contributed by atoms with Gasteiger partial charge in [0.25, 0.3) is 5.69 Å². The third kappa shape index (κ3) is 3.00. The van der Waals surface area contributed by atoms with Crippen molar-refractivity contribution < 1.29 is 4.92 Å². The highest BCUT2D eigenvalue weighted by Gasteiger charge is 2.04. The number of aromatic nitrogens is 2. The predicted octanol–water partition coefficient (Wildman–Crippen LogP) is 2.31. The molecule has 0 spiro atoms. The Morgan fingerprint density at radius 3 is 2.61 bits per heavy atom. The van der Waals surface area contributed by atoms with Crippen molar-refractivity contribution in [3.63, 3.8) is 0 Å². The van der Waals surface area contributed by atoms with Gasteiger partial charge in [0, 0.05) is 24.5 Å². The molecule has 0 aliphatic rings. The van der Waals surface area contributed by atoms with Crippen LogP contribution in [0.25, 0.3) is 0 Å². The van der Waals surface area contributed by atoms with Gasteiger partial charge in [-0.05, 0) is 24.6 Å². The Morgan fingerprint density at radius 2 is 2.06 bits per heavy atom. The van der Waals surface area contributed by atoms with E-state index in [4.69, 9.17) is 0 Å². The molecule has 0 saturated heterocycles. The van der Waals surface area contributed by atoms with Gasteiger partial charge in [-0.25, -0.2) is 4.98 Å². The summed E-state index contributed by atoms with van der Waals surface area (Å²) in [7, 11) is 0. The zero-order chi connectivity index (χ0) is 13.0. The first-order valence-electron chi connectivity index (χ1n) is 5.41. The van der Waals surface area contributed by atoms with E-state index in [1.165, 1.54) is 12.3 Å². The summed E-state index contributed by atoms with van der Waals surface area (Å²) in [5, 5.41) is 13.5. The van der Waals surface area contributed by atoms with Crippen molar-refractivity contribution in [1.29, 1.82) is 0 Å². The molecule has 2 heterocycles. The van der Waals surface area contributed by atoms with Crippen LogP contribution in [-0.2, 0) is 6.54 Å². The molecule has 0 aromatic carbocycles. The molecule has 6 heteroatoms. The lowest BCUT2D eigenvalue weighted by atomic mass is 10.2. The van der Waals surface area contributed by atoms with E-state index in [1.54, 1.807) is 12.3 Å². The molecular weight excluding hydrogens is 232 g/mol. The van der Waals surface area contributed by atoms with E-state index in [2.05, 4.69) is 15.3 Å². The van der Waals surface area contributed by atoms with Gasteiger partial charge in [0.1, 0.15) is 12.0 Å². The van der Waals surface area contributed by atoms with Crippen LogP contribution in [0.5, 0.6) is 0 Å². The van der Waals surface area contributed by atoms with Crippen molar-refractivity contribution >= 4 is 11.5 Å². The van der Waals surface area contributed by atoms with Gasteiger partial charge < -0.3 is 5.32 Å². The number of nitrogens with zero attached hydrogens (tertiary/aromatic N) is 3. The van der Waals surface area contributed by atoms with Crippen LogP contribution in [0.1, 0.15) is 11.3 Å². The van der Waals surface area contributed by atoms with Crippen molar-refractivity contribution in [2.75, 3.05) is 5.32 Å². The summed E-state index contributed by atoms with van der Waals surface area (Å²) < 4.78 is 0. The average molecular weight is 244 g/mol. The predicted molar refractivity (Wildman–Crippen MR) is 67.2 cm³/mol. The quantitative estimate of drug-likeness (QED) is 0.659. The highest BCUT2D eigenvalue weighted by molar-refractivity contribution is 5.40. The molecule has 0 aliphatic heterocycles. The van der Waals surface area contributed by atoms with Gasteiger partial charge in [-0.3, -0.25) is 15.1 Å². The number of hydrogen-bond donors (Lipinski definition) is 1. The average Bonchev–Trinajstić information content (AvgIpc) is 2.38. The van der Waals surface area contributed by atoms with Crippen LogP contribution >= 0.6 is 0 Å². The molecule has 2 rings (SSSR count). The summed E-state index contributed by atoms with van der Waals surface area (Å²) in [6.07, 6.45) is 3.02. The molecular formula is C12H12N4O2. The molecule has 2 aromatic heterocycles. The lowest BCUT2D eigenvalue weighted by Crippen LogP contribution is -2.02. The highest BCUT2D eigenvalue weighted by atomic mass is 16.6. The van der Waals surface area contributed by atoms with Crippen molar-refractivity contribution in [2.24, 2.45) is 0 Å². The highest BCUT2D eigenvalue weighted by Crippen LogP contribution is 2.12. The smallest absolute Gasteiger partial charge is 0.287 e. The molecule has 0 radical (unpaired) electrons. The fraction of sp³-hybridized carbons (Fsp3) is 0.167. The maximum Gasteiger partial charge on any atom is 0.287 e. The van der Waals surface area contributed by atoms with Gasteiger partial charge in [0.05, 0.1) is 4.92 Å². The molecule has 0 saturated carbocycles. The van der Waals surface area contributed by atoms with Crippen molar-refractivity contribution in [3.05, 3.63) is 58.0 Å². The second-order valence-electron chi connectivity index (χ2n) is 3.82. The van der Waals surface area contributed by atoms with Gasteiger partial charge in [0.15, 0.2) is 0 Å². The Balaban J connectivity index is 1.97. The minimum absolute atomic E-state index is 0.0162. The standard InChI is InChI=1S/C12H12N4O2/c1-9-2-3-10(6-13-9)7-14-12-5-4-11(8-15-12)16(17)18/h2-6,8H,7H2,1H3,(H,14,15). The molecule has 0 atom stereocenters. The molecule has 92 valence electrons. The Morgan fingerprint density at radius 1 is 1.22 bits per heavy atom. The molecule has 1 N–H and O–H groups in total. The minimum Gasteiger partial charge on any atom is -0.366 e. The summed E-state index contributed by atoms with van der Waals surface area (Å²) >= 11 is 0. The Labute approximate surface area is 104 Å². The van der Waals surface area contributed by atoms with Gasteiger partial charge >= 0.3 is 0 Å². The maximum absolute atomic E-state index is 10.5. The van der Waals surface area contributed by atoms with Crippen LogP contribution in [-0.4, -0.2) is 14.9 Å². The number of nitro groups is 1. The van der Waals surface area contributed by atoms with Crippen molar-refractivity contribution in [2.45, 2.75) is 13.5 Å². The number of nitrogens with one attached hydrogen (secondary N) is 1. The SMILES string of the molecule is Cc1ccc(CNc2ccc([N+](=O)[O-])cn2)cn1. The van der Waals surface area contributed by atoms with E-state index in [-0.39, 0.29) is 5.69 Å². The van der Waals surface area contributed by atoms with Crippen LogP contribution in [0, 0.1) is 17.0 Å². The van der Waals surface area contributed by atoms with E-state index in [0.717, 1.165) is 11.3 Å². The molecule has 0 amide bonds. The summed E-state index contributed by atoms with van der Waals surface area (Å²) in [6, 6.07) is 6.91. The Bertz CT molecular complexity index is 537. The lowest BCUT2D eigenvalue weighted by Gasteiger charge is -2.05. The first-order chi connectivity index (χ1) is 8.65. The van der Waals surface area contributed by atoms with Crippen molar-refractivity contribution in [3.8, 4) is 0 Å². The second-order valence-corrected chi connectivity index (χ2v) is 3.82. The lowest BCUT2D eigenvalue weighted by molar-refractivity contribution is -0.385. The fourth-order valence-corrected chi connectivity index (χ4v) is 1.39.